The molecule has 1 saturated carbocycles. The second kappa shape index (κ2) is 12.8. The molecule has 15 heteroatoms. The maximum Gasteiger partial charge on any atom is 0.394 e. The van der Waals surface area contributed by atoms with Gasteiger partial charge in [0, 0.05) is 17.8 Å². The van der Waals surface area contributed by atoms with Crippen molar-refractivity contribution in [1.29, 1.82) is 0 Å². The Balaban J connectivity index is 1.11. The maximum atomic E-state index is 13.1. The zero-order chi connectivity index (χ0) is 32.5. The van der Waals surface area contributed by atoms with Gasteiger partial charge in [0.1, 0.15) is 10.9 Å². The Morgan fingerprint density at radius 3 is 2.47 bits per heavy atom. The van der Waals surface area contributed by atoms with Gasteiger partial charge in [-0.1, -0.05) is 11.6 Å². The third-order valence-corrected chi connectivity index (χ3v) is 9.85. The molecule has 0 bridgehead atoms. The van der Waals surface area contributed by atoms with Gasteiger partial charge in [-0.05, 0) is 101 Å². The molecule has 3 aromatic rings. The third kappa shape index (κ3) is 8.08. The van der Waals surface area contributed by atoms with Crippen molar-refractivity contribution in [3.63, 3.8) is 0 Å². The molecule has 1 aromatic carbocycles. The lowest BCUT2D eigenvalue weighted by molar-refractivity contribution is -0.190. The quantitative estimate of drug-likeness (QED) is 0.176. The molecule has 0 radical (unpaired) electrons. The van der Waals surface area contributed by atoms with E-state index in [9.17, 15) is 26.4 Å². The summed E-state index contributed by atoms with van der Waals surface area (Å²) in [7, 11) is -4.22. The second-order valence-corrected chi connectivity index (χ2v) is 14.3. The van der Waals surface area contributed by atoms with E-state index in [0.717, 1.165) is 25.8 Å². The van der Waals surface area contributed by atoms with Gasteiger partial charge in [-0.15, -0.1) is 5.10 Å². The minimum Gasteiger partial charge on any atom is -0.494 e. The summed E-state index contributed by atoms with van der Waals surface area (Å²) in [6.07, 6.45) is 0.289. The third-order valence-electron chi connectivity index (χ3n) is 8.22. The number of halogens is 4. The first kappa shape index (κ1) is 33.0. The predicted molar refractivity (Wildman–Crippen MR) is 160 cm³/mol. The number of nitrogens with one attached hydrogen (secondary N) is 2. The first-order valence-electron chi connectivity index (χ1n) is 14.6. The Morgan fingerprint density at radius 1 is 1.11 bits per heavy atom. The van der Waals surface area contributed by atoms with E-state index in [1.807, 2.05) is 4.72 Å². The molecule has 1 atom stereocenters. The molecule has 2 N–H and O–H groups in total. The Morgan fingerprint density at radius 2 is 1.84 bits per heavy atom. The van der Waals surface area contributed by atoms with Crippen LogP contribution in [0.15, 0.2) is 53.6 Å². The van der Waals surface area contributed by atoms with Crippen molar-refractivity contribution in [1.82, 2.24) is 24.8 Å². The molecule has 3 heterocycles. The van der Waals surface area contributed by atoms with Crippen LogP contribution >= 0.6 is 11.6 Å². The van der Waals surface area contributed by atoms with Crippen LogP contribution in [0.25, 0.3) is 5.82 Å². The van der Waals surface area contributed by atoms with Crippen LogP contribution in [0.2, 0.25) is 5.15 Å². The highest BCUT2D eigenvalue weighted by Gasteiger charge is 2.62. The SMILES string of the molecule is CC1(C)CC(CCCOc2ccc(S(=O)(=O)NC(=O)c3ccc(-n4ccc(OCCC5(C(F)(F)F)CC5)n4)nc3Cl)cc2)CN1. The average molecular weight is 670 g/mol. The summed E-state index contributed by atoms with van der Waals surface area (Å²) in [6, 6.07) is 9.91. The number of ether oxygens (including phenoxy) is 2. The number of amides is 1. The highest BCUT2D eigenvalue weighted by atomic mass is 35.5. The molecule has 5 rings (SSSR count). The Hall–Kier alpha value is -3.36. The number of nitrogens with zero attached hydrogens (tertiary/aromatic N) is 3. The molecular formula is C30H35ClF3N5O5S. The number of pyridine rings is 1. The number of carbonyl (C=O) groups excluding carboxylic acids is 1. The minimum absolute atomic E-state index is 0.0942. The predicted octanol–water partition coefficient (Wildman–Crippen LogP) is 5.70. The topological polar surface area (TPSA) is 124 Å². The standard InChI is InChI=1S/C30H35ClF3N5O5S/c1-28(2)18-20(19-35-28)4-3-16-43-21-5-7-22(8-6-21)45(41,42)38-27(40)23-9-10-24(36-26(23)31)39-15-11-25(37-39)44-17-14-29(12-13-29)30(32,33)34/h5-11,15,20,35H,3-4,12-14,16-19H2,1-2H3,(H,38,40). The van der Waals surface area contributed by atoms with Crippen molar-refractivity contribution < 1.29 is 35.9 Å². The fourth-order valence-corrected chi connectivity index (χ4v) is 6.62. The summed E-state index contributed by atoms with van der Waals surface area (Å²) in [4.78, 5) is 16.8. The first-order valence-corrected chi connectivity index (χ1v) is 16.5. The van der Waals surface area contributed by atoms with Gasteiger partial charge in [0.2, 0.25) is 5.88 Å². The summed E-state index contributed by atoms with van der Waals surface area (Å²) in [5, 5.41) is 7.36. The lowest BCUT2D eigenvalue weighted by Crippen LogP contribution is -2.31. The molecule has 1 amide bonds. The van der Waals surface area contributed by atoms with Gasteiger partial charge in [0.05, 0.1) is 29.1 Å². The lowest BCUT2D eigenvalue weighted by Gasteiger charge is -2.18. The van der Waals surface area contributed by atoms with Gasteiger partial charge in [-0.2, -0.15) is 13.2 Å². The monoisotopic (exact) mass is 669 g/mol. The van der Waals surface area contributed by atoms with Crippen molar-refractivity contribution in [3.05, 3.63) is 59.4 Å². The molecule has 2 aromatic heterocycles. The number of benzene rings is 1. The van der Waals surface area contributed by atoms with E-state index in [1.165, 1.54) is 53.3 Å². The molecule has 1 unspecified atom stereocenters. The van der Waals surface area contributed by atoms with Crippen LogP contribution in [-0.2, 0) is 10.0 Å². The van der Waals surface area contributed by atoms with E-state index in [2.05, 4.69) is 29.2 Å². The van der Waals surface area contributed by atoms with Crippen LogP contribution in [0, 0.1) is 11.3 Å². The Labute approximate surface area is 264 Å². The van der Waals surface area contributed by atoms with Gasteiger partial charge in [0.15, 0.2) is 5.82 Å². The van der Waals surface area contributed by atoms with Crippen molar-refractivity contribution in [2.75, 3.05) is 19.8 Å². The minimum atomic E-state index is -4.26. The fourth-order valence-electron chi connectivity index (χ4n) is 5.41. The molecule has 10 nitrogen and oxygen atoms in total. The van der Waals surface area contributed by atoms with Crippen molar-refractivity contribution >= 4 is 27.5 Å². The molecule has 1 aliphatic carbocycles. The molecule has 45 heavy (non-hydrogen) atoms. The Kier molecular flexibility index (Phi) is 9.39. The number of alkyl halides is 3. The highest BCUT2D eigenvalue weighted by Crippen LogP contribution is 2.59. The second-order valence-electron chi connectivity index (χ2n) is 12.2. The summed E-state index contributed by atoms with van der Waals surface area (Å²) in [6.45, 7) is 5.75. The highest BCUT2D eigenvalue weighted by molar-refractivity contribution is 7.90. The molecule has 1 saturated heterocycles. The molecule has 2 aliphatic rings. The lowest BCUT2D eigenvalue weighted by atomic mass is 9.94. The van der Waals surface area contributed by atoms with Gasteiger partial charge in [-0.25, -0.2) is 22.8 Å². The number of aromatic nitrogens is 3. The number of hydrogen-bond donors (Lipinski definition) is 2. The van der Waals surface area contributed by atoms with Crippen LogP contribution in [0.4, 0.5) is 13.2 Å². The van der Waals surface area contributed by atoms with Crippen LogP contribution < -0.4 is 19.5 Å². The van der Waals surface area contributed by atoms with E-state index in [4.69, 9.17) is 21.1 Å². The average Bonchev–Trinajstić information content (AvgIpc) is 3.49. The van der Waals surface area contributed by atoms with Crippen LogP contribution in [0.5, 0.6) is 11.6 Å². The fraction of sp³-hybridized carbons (Fsp3) is 0.500. The number of sulfonamides is 1. The number of hydrogen-bond acceptors (Lipinski definition) is 8. The van der Waals surface area contributed by atoms with Crippen molar-refractivity contribution in [2.24, 2.45) is 11.3 Å². The van der Waals surface area contributed by atoms with E-state index >= 15 is 0 Å². The molecule has 244 valence electrons. The molecule has 2 fully saturated rings. The van der Waals surface area contributed by atoms with E-state index in [1.54, 1.807) is 0 Å². The maximum absolute atomic E-state index is 13.1. The van der Waals surface area contributed by atoms with E-state index < -0.39 is 27.5 Å². The van der Waals surface area contributed by atoms with E-state index in [-0.39, 0.29) is 58.7 Å². The molecule has 1 aliphatic heterocycles. The van der Waals surface area contributed by atoms with Gasteiger partial charge < -0.3 is 14.8 Å². The van der Waals surface area contributed by atoms with Crippen LogP contribution in [-0.4, -0.2) is 60.6 Å². The summed E-state index contributed by atoms with van der Waals surface area (Å²) in [5.74, 6) is 0.434. The number of rotatable bonds is 13. The van der Waals surface area contributed by atoms with Gasteiger partial charge in [0.25, 0.3) is 15.9 Å². The zero-order valence-corrected chi connectivity index (χ0v) is 26.4. The smallest absolute Gasteiger partial charge is 0.394 e. The van der Waals surface area contributed by atoms with Crippen LogP contribution in [0.3, 0.4) is 0 Å². The largest absolute Gasteiger partial charge is 0.494 e. The molecule has 0 spiro atoms. The van der Waals surface area contributed by atoms with Gasteiger partial charge >= 0.3 is 6.18 Å². The van der Waals surface area contributed by atoms with Crippen LogP contribution in [0.1, 0.15) is 62.7 Å². The van der Waals surface area contributed by atoms with Crippen molar-refractivity contribution in [3.8, 4) is 17.4 Å². The van der Waals surface area contributed by atoms with E-state index in [0.29, 0.717) is 18.3 Å². The molecular weight excluding hydrogens is 635 g/mol. The summed E-state index contributed by atoms with van der Waals surface area (Å²) in [5.41, 5.74) is -1.69. The van der Waals surface area contributed by atoms with Gasteiger partial charge in [-0.3, -0.25) is 4.79 Å². The summed E-state index contributed by atoms with van der Waals surface area (Å²) < 4.78 is 79.5. The van der Waals surface area contributed by atoms with Crippen molar-refractivity contribution in [2.45, 2.75) is 69.0 Å². The normalized spacial score (nSPS) is 18.8. The zero-order valence-electron chi connectivity index (χ0n) is 24.9. The first-order chi connectivity index (χ1) is 21.2. The Bertz CT molecular complexity index is 1630. The summed E-state index contributed by atoms with van der Waals surface area (Å²) >= 11 is 6.21. The number of carbonyl (C=O) groups is 1.